The van der Waals surface area contributed by atoms with E-state index < -0.39 is 0 Å². The van der Waals surface area contributed by atoms with Gasteiger partial charge in [-0.2, -0.15) is 4.98 Å². The van der Waals surface area contributed by atoms with Crippen molar-refractivity contribution in [3.63, 3.8) is 0 Å². The summed E-state index contributed by atoms with van der Waals surface area (Å²) in [4.78, 5) is 6.73. The molecule has 0 saturated carbocycles. The lowest BCUT2D eigenvalue weighted by Crippen LogP contribution is -2.44. The summed E-state index contributed by atoms with van der Waals surface area (Å²) in [7, 11) is 0. The molecule has 2 saturated heterocycles. The second-order valence-corrected chi connectivity index (χ2v) is 5.24. The topological polar surface area (TPSA) is 60.6 Å². The van der Waals surface area contributed by atoms with Gasteiger partial charge in [-0.25, -0.2) is 0 Å². The van der Waals surface area contributed by atoms with Crippen molar-refractivity contribution in [1.29, 1.82) is 0 Å². The van der Waals surface area contributed by atoms with E-state index in [1.807, 2.05) is 0 Å². The maximum atomic E-state index is 5.72. The number of nitrogens with zero attached hydrogens (tertiary/aromatic N) is 3. The average Bonchev–Trinajstić information content (AvgIpc) is 3.04. The van der Waals surface area contributed by atoms with E-state index in [1.54, 1.807) is 0 Å². The molecule has 0 aliphatic carbocycles. The van der Waals surface area contributed by atoms with Crippen LogP contribution in [-0.2, 0) is 22.4 Å². The zero-order valence-electron chi connectivity index (χ0n) is 11.4. The standard InChI is InChI=1S/C13H21N3O3/c1-2-3-12-14-11(15-19-12)10-16-6-4-13(5-7-16)17-8-9-18-13/h2-10H2,1H3. The summed E-state index contributed by atoms with van der Waals surface area (Å²) in [6.07, 6.45) is 3.74. The van der Waals surface area contributed by atoms with Gasteiger partial charge >= 0.3 is 0 Å². The van der Waals surface area contributed by atoms with Gasteiger partial charge in [0.15, 0.2) is 11.6 Å². The number of hydrogen-bond donors (Lipinski definition) is 0. The molecule has 6 heteroatoms. The molecule has 0 radical (unpaired) electrons. The lowest BCUT2D eigenvalue weighted by atomic mass is 10.0. The molecule has 1 aromatic rings. The Hall–Kier alpha value is -0.980. The Morgan fingerprint density at radius 3 is 2.63 bits per heavy atom. The highest BCUT2D eigenvalue weighted by Crippen LogP contribution is 2.31. The predicted octanol–water partition coefficient (Wildman–Crippen LogP) is 1.36. The van der Waals surface area contributed by atoms with Gasteiger partial charge in [0.1, 0.15) is 0 Å². The van der Waals surface area contributed by atoms with Crippen LogP contribution in [0.15, 0.2) is 4.52 Å². The highest BCUT2D eigenvalue weighted by atomic mass is 16.7. The second kappa shape index (κ2) is 5.56. The van der Waals surface area contributed by atoms with Crippen molar-refractivity contribution in [2.24, 2.45) is 0 Å². The third-order valence-electron chi connectivity index (χ3n) is 3.77. The van der Waals surface area contributed by atoms with E-state index in [0.717, 1.165) is 70.2 Å². The van der Waals surface area contributed by atoms with Crippen molar-refractivity contribution in [1.82, 2.24) is 15.0 Å². The third-order valence-corrected chi connectivity index (χ3v) is 3.77. The molecule has 19 heavy (non-hydrogen) atoms. The van der Waals surface area contributed by atoms with E-state index in [1.165, 1.54) is 0 Å². The van der Waals surface area contributed by atoms with Gasteiger partial charge in [-0.1, -0.05) is 12.1 Å². The van der Waals surface area contributed by atoms with Gasteiger partial charge < -0.3 is 14.0 Å². The quantitative estimate of drug-likeness (QED) is 0.821. The fourth-order valence-electron chi connectivity index (χ4n) is 2.71. The maximum absolute atomic E-state index is 5.72. The summed E-state index contributed by atoms with van der Waals surface area (Å²) in [5, 5.41) is 4.03. The maximum Gasteiger partial charge on any atom is 0.226 e. The van der Waals surface area contributed by atoms with Gasteiger partial charge in [-0.05, 0) is 6.42 Å². The SMILES string of the molecule is CCCc1nc(CN2CCC3(CC2)OCCO3)no1. The summed E-state index contributed by atoms with van der Waals surface area (Å²) in [6.45, 7) is 6.23. The highest BCUT2D eigenvalue weighted by molar-refractivity contribution is 4.89. The molecule has 2 aliphatic heterocycles. The van der Waals surface area contributed by atoms with E-state index in [4.69, 9.17) is 14.0 Å². The zero-order valence-corrected chi connectivity index (χ0v) is 11.4. The first-order valence-corrected chi connectivity index (χ1v) is 7.11. The Balaban J connectivity index is 1.51. The molecule has 3 rings (SSSR count). The molecule has 1 spiro atoms. The number of aromatic nitrogens is 2. The molecule has 6 nitrogen and oxygen atoms in total. The lowest BCUT2D eigenvalue weighted by molar-refractivity contribution is -0.186. The van der Waals surface area contributed by atoms with Gasteiger partial charge in [0, 0.05) is 32.4 Å². The molecule has 106 valence electrons. The molecule has 0 unspecified atom stereocenters. The predicted molar refractivity (Wildman–Crippen MR) is 67.4 cm³/mol. The summed E-state index contributed by atoms with van der Waals surface area (Å²) >= 11 is 0. The normalized spacial score (nSPS) is 23.2. The Bertz CT molecular complexity index is 405. The van der Waals surface area contributed by atoms with Crippen LogP contribution in [0.5, 0.6) is 0 Å². The molecule has 0 N–H and O–H groups in total. The average molecular weight is 267 g/mol. The van der Waals surface area contributed by atoms with Crippen LogP contribution in [0.2, 0.25) is 0 Å². The summed E-state index contributed by atoms with van der Waals surface area (Å²) in [5.41, 5.74) is 0. The number of rotatable bonds is 4. The van der Waals surface area contributed by atoms with Crippen LogP contribution in [0.1, 0.15) is 37.9 Å². The van der Waals surface area contributed by atoms with E-state index in [-0.39, 0.29) is 5.79 Å². The summed E-state index contributed by atoms with van der Waals surface area (Å²) < 4.78 is 16.6. The number of aryl methyl sites for hydroxylation is 1. The fourth-order valence-corrected chi connectivity index (χ4v) is 2.71. The Morgan fingerprint density at radius 1 is 1.21 bits per heavy atom. The van der Waals surface area contributed by atoms with Crippen LogP contribution in [0.4, 0.5) is 0 Å². The molecule has 0 bridgehead atoms. The molecule has 2 aliphatic rings. The molecule has 0 amide bonds. The van der Waals surface area contributed by atoms with Crippen molar-refractivity contribution in [2.45, 2.75) is 44.9 Å². The molecule has 0 atom stereocenters. The van der Waals surface area contributed by atoms with E-state index in [2.05, 4.69) is 22.0 Å². The third kappa shape index (κ3) is 2.96. The van der Waals surface area contributed by atoms with Crippen LogP contribution in [0.25, 0.3) is 0 Å². The summed E-state index contributed by atoms with van der Waals surface area (Å²) in [5.74, 6) is 1.22. The Labute approximate surface area is 113 Å². The molecule has 3 heterocycles. The highest BCUT2D eigenvalue weighted by Gasteiger charge is 2.39. The molecule has 1 aromatic heterocycles. The molecule has 2 fully saturated rings. The van der Waals surface area contributed by atoms with Gasteiger partial charge in [-0.3, -0.25) is 4.90 Å². The van der Waals surface area contributed by atoms with Crippen LogP contribution >= 0.6 is 0 Å². The van der Waals surface area contributed by atoms with E-state index >= 15 is 0 Å². The number of piperidine rings is 1. The number of hydrogen-bond acceptors (Lipinski definition) is 6. The van der Waals surface area contributed by atoms with Crippen molar-refractivity contribution in [3.05, 3.63) is 11.7 Å². The molecular weight excluding hydrogens is 246 g/mol. The van der Waals surface area contributed by atoms with Gasteiger partial charge in [0.25, 0.3) is 0 Å². The molecular formula is C13H21N3O3. The van der Waals surface area contributed by atoms with E-state index in [9.17, 15) is 0 Å². The fraction of sp³-hybridized carbons (Fsp3) is 0.846. The van der Waals surface area contributed by atoms with Gasteiger partial charge in [0.05, 0.1) is 19.8 Å². The first-order valence-electron chi connectivity index (χ1n) is 7.11. The second-order valence-electron chi connectivity index (χ2n) is 5.24. The lowest BCUT2D eigenvalue weighted by Gasteiger charge is -2.36. The van der Waals surface area contributed by atoms with Crippen molar-refractivity contribution in [3.8, 4) is 0 Å². The number of ether oxygens (including phenoxy) is 2. The minimum atomic E-state index is -0.304. The van der Waals surface area contributed by atoms with Crippen LogP contribution in [-0.4, -0.2) is 47.1 Å². The largest absolute Gasteiger partial charge is 0.347 e. The molecule has 0 aromatic carbocycles. The van der Waals surface area contributed by atoms with Gasteiger partial charge in [-0.15, -0.1) is 0 Å². The smallest absolute Gasteiger partial charge is 0.226 e. The zero-order chi connectivity index (χ0) is 13.1. The Morgan fingerprint density at radius 2 is 1.95 bits per heavy atom. The Kier molecular flexibility index (Phi) is 3.81. The minimum absolute atomic E-state index is 0.304. The van der Waals surface area contributed by atoms with Crippen LogP contribution in [0, 0.1) is 0 Å². The van der Waals surface area contributed by atoms with Crippen molar-refractivity contribution in [2.75, 3.05) is 26.3 Å². The monoisotopic (exact) mass is 267 g/mol. The first kappa shape index (κ1) is 13.0. The van der Waals surface area contributed by atoms with Crippen LogP contribution in [0.3, 0.4) is 0 Å². The minimum Gasteiger partial charge on any atom is -0.347 e. The summed E-state index contributed by atoms with van der Waals surface area (Å²) in [6, 6.07) is 0. The van der Waals surface area contributed by atoms with Gasteiger partial charge in [0.2, 0.25) is 5.89 Å². The van der Waals surface area contributed by atoms with E-state index in [0.29, 0.717) is 0 Å². The van der Waals surface area contributed by atoms with Crippen molar-refractivity contribution >= 4 is 0 Å². The van der Waals surface area contributed by atoms with Crippen molar-refractivity contribution < 1.29 is 14.0 Å². The number of likely N-dealkylation sites (tertiary alicyclic amines) is 1. The first-order chi connectivity index (χ1) is 9.30. The van der Waals surface area contributed by atoms with Crippen LogP contribution < -0.4 is 0 Å².